The molecule has 1 saturated heterocycles. The summed E-state index contributed by atoms with van der Waals surface area (Å²) in [5.74, 6) is 0.0792. The molecular formula is C16H19F2N3O. The molecule has 1 aromatic heterocycles. The van der Waals surface area contributed by atoms with Crippen molar-refractivity contribution in [2.45, 2.75) is 26.2 Å². The fraction of sp³-hybridized carbons (Fsp3) is 0.500. The molecule has 118 valence electrons. The van der Waals surface area contributed by atoms with Crippen molar-refractivity contribution < 1.29 is 13.3 Å². The van der Waals surface area contributed by atoms with Gasteiger partial charge in [-0.05, 0) is 56.0 Å². The lowest BCUT2D eigenvalue weighted by atomic mass is 9.85. The summed E-state index contributed by atoms with van der Waals surface area (Å²) in [6.45, 7) is 4.29. The van der Waals surface area contributed by atoms with Crippen LogP contribution in [-0.2, 0) is 6.42 Å². The van der Waals surface area contributed by atoms with Crippen LogP contribution in [-0.4, -0.2) is 23.2 Å². The van der Waals surface area contributed by atoms with Crippen molar-refractivity contribution >= 4 is 0 Å². The van der Waals surface area contributed by atoms with E-state index in [9.17, 15) is 8.78 Å². The second-order valence-electron chi connectivity index (χ2n) is 5.93. The van der Waals surface area contributed by atoms with Gasteiger partial charge >= 0.3 is 0 Å². The quantitative estimate of drug-likeness (QED) is 0.942. The molecule has 2 heterocycles. The summed E-state index contributed by atoms with van der Waals surface area (Å²) in [6, 6.07) is 3.59. The van der Waals surface area contributed by atoms with Gasteiger partial charge in [0, 0.05) is 12.0 Å². The van der Waals surface area contributed by atoms with Crippen LogP contribution in [0.25, 0.3) is 11.4 Å². The SMILES string of the molecule is CC(Cc1nc(-c2ccc(F)c(F)c2)no1)C1CCCNC1. The standard InChI is InChI=1S/C16H19F2N3O/c1-10(12-3-2-6-19-9-12)7-15-20-16(21-22-15)11-4-5-13(17)14(18)8-11/h4-5,8,10,12,19H,2-3,6-7,9H2,1H3. The highest BCUT2D eigenvalue weighted by molar-refractivity contribution is 5.54. The van der Waals surface area contributed by atoms with Gasteiger partial charge in [0.2, 0.25) is 11.7 Å². The van der Waals surface area contributed by atoms with Gasteiger partial charge in [0.25, 0.3) is 0 Å². The molecular weight excluding hydrogens is 288 g/mol. The first kappa shape index (κ1) is 15.1. The predicted molar refractivity (Wildman–Crippen MR) is 78.1 cm³/mol. The molecule has 0 saturated carbocycles. The largest absolute Gasteiger partial charge is 0.339 e. The van der Waals surface area contributed by atoms with Crippen molar-refractivity contribution in [3.8, 4) is 11.4 Å². The number of hydrogen-bond donors (Lipinski definition) is 1. The molecule has 1 N–H and O–H groups in total. The van der Waals surface area contributed by atoms with Crippen molar-refractivity contribution in [1.29, 1.82) is 0 Å². The van der Waals surface area contributed by atoms with Gasteiger partial charge in [-0.3, -0.25) is 0 Å². The minimum absolute atomic E-state index is 0.294. The second kappa shape index (κ2) is 6.52. The maximum atomic E-state index is 13.3. The van der Waals surface area contributed by atoms with Gasteiger partial charge in [-0.25, -0.2) is 8.78 Å². The molecule has 1 aliphatic heterocycles. The van der Waals surface area contributed by atoms with Crippen molar-refractivity contribution in [1.82, 2.24) is 15.5 Å². The van der Waals surface area contributed by atoms with E-state index in [0.717, 1.165) is 25.2 Å². The molecule has 6 heteroatoms. The maximum absolute atomic E-state index is 13.3. The van der Waals surface area contributed by atoms with Gasteiger partial charge < -0.3 is 9.84 Å². The highest BCUT2D eigenvalue weighted by atomic mass is 19.2. The van der Waals surface area contributed by atoms with E-state index in [0.29, 0.717) is 35.5 Å². The molecule has 0 radical (unpaired) electrons. The Bertz CT molecular complexity index is 638. The van der Waals surface area contributed by atoms with Gasteiger partial charge in [-0.1, -0.05) is 12.1 Å². The molecule has 1 fully saturated rings. The molecule has 2 atom stereocenters. The van der Waals surface area contributed by atoms with E-state index >= 15 is 0 Å². The minimum atomic E-state index is -0.912. The summed E-state index contributed by atoms with van der Waals surface area (Å²) < 4.78 is 31.5. The molecule has 0 bridgehead atoms. The number of rotatable bonds is 4. The van der Waals surface area contributed by atoms with E-state index in [1.165, 1.54) is 18.9 Å². The van der Waals surface area contributed by atoms with Crippen LogP contribution in [0.1, 0.15) is 25.7 Å². The zero-order valence-corrected chi connectivity index (χ0v) is 12.5. The van der Waals surface area contributed by atoms with Crippen LogP contribution in [0.15, 0.2) is 22.7 Å². The number of benzene rings is 1. The van der Waals surface area contributed by atoms with Crippen LogP contribution >= 0.6 is 0 Å². The molecule has 22 heavy (non-hydrogen) atoms. The van der Waals surface area contributed by atoms with Crippen LogP contribution in [0, 0.1) is 23.5 Å². The Morgan fingerprint density at radius 3 is 2.95 bits per heavy atom. The molecule has 4 nitrogen and oxygen atoms in total. The van der Waals surface area contributed by atoms with E-state index in [1.54, 1.807) is 0 Å². The number of aromatic nitrogens is 2. The Balaban J connectivity index is 1.69. The molecule has 1 aromatic carbocycles. The lowest BCUT2D eigenvalue weighted by Crippen LogP contribution is -2.33. The summed E-state index contributed by atoms with van der Waals surface area (Å²) in [4.78, 5) is 4.30. The first-order valence-electron chi connectivity index (χ1n) is 7.62. The Morgan fingerprint density at radius 2 is 2.23 bits per heavy atom. The van der Waals surface area contributed by atoms with Crippen molar-refractivity contribution in [3.63, 3.8) is 0 Å². The summed E-state index contributed by atoms with van der Waals surface area (Å²) in [5, 5.41) is 7.26. The topological polar surface area (TPSA) is 51.0 Å². The van der Waals surface area contributed by atoms with Crippen LogP contribution in [0.2, 0.25) is 0 Å². The molecule has 0 aliphatic carbocycles. The van der Waals surface area contributed by atoms with E-state index in [2.05, 4.69) is 22.4 Å². The van der Waals surface area contributed by atoms with Crippen LogP contribution in [0.5, 0.6) is 0 Å². The first-order valence-corrected chi connectivity index (χ1v) is 7.62. The Labute approximate surface area is 127 Å². The smallest absolute Gasteiger partial charge is 0.227 e. The predicted octanol–water partition coefficient (Wildman–Crippen LogP) is 3.19. The third kappa shape index (κ3) is 3.32. The van der Waals surface area contributed by atoms with Gasteiger partial charge in [0.1, 0.15) is 0 Å². The Hall–Kier alpha value is -1.82. The van der Waals surface area contributed by atoms with E-state index in [-0.39, 0.29) is 0 Å². The first-order chi connectivity index (χ1) is 10.6. The highest BCUT2D eigenvalue weighted by Crippen LogP contribution is 2.24. The zero-order chi connectivity index (χ0) is 15.5. The molecule has 0 amide bonds. The number of hydrogen-bond acceptors (Lipinski definition) is 4. The fourth-order valence-corrected chi connectivity index (χ4v) is 2.90. The second-order valence-corrected chi connectivity index (χ2v) is 5.93. The Morgan fingerprint density at radius 1 is 1.36 bits per heavy atom. The average Bonchev–Trinajstić information content (AvgIpc) is 2.99. The third-order valence-electron chi connectivity index (χ3n) is 4.28. The van der Waals surface area contributed by atoms with Crippen LogP contribution < -0.4 is 5.32 Å². The normalized spacial score (nSPS) is 20.0. The fourth-order valence-electron chi connectivity index (χ4n) is 2.90. The summed E-state index contributed by atoms with van der Waals surface area (Å²) in [7, 11) is 0. The number of piperidine rings is 1. The average molecular weight is 307 g/mol. The third-order valence-corrected chi connectivity index (χ3v) is 4.28. The van der Waals surface area contributed by atoms with Crippen molar-refractivity contribution in [2.75, 3.05) is 13.1 Å². The van der Waals surface area contributed by atoms with Crippen molar-refractivity contribution in [2.24, 2.45) is 11.8 Å². The summed E-state index contributed by atoms with van der Waals surface area (Å²) in [5.41, 5.74) is 0.417. The van der Waals surface area contributed by atoms with Gasteiger partial charge in [0.05, 0.1) is 0 Å². The summed E-state index contributed by atoms with van der Waals surface area (Å²) in [6.07, 6.45) is 3.10. The lowest BCUT2D eigenvalue weighted by Gasteiger charge is -2.27. The van der Waals surface area contributed by atoms with E-state index in [1.807, 2.05) is 0 Å². The van der Waals surface area contributed by atoms with Crippen LogP contribution in [0.4, 0.5) is 8.78 Å². The molecule has 0 spiro atoms. The maximum Gasteiger partial charge on any atom is 0.227 e. The minimum Gasteiger partial charge on any atom is -0.339 e. The molecule has 1 aliphatic rings. The lowest BCUT2D eigenvalue weighted by molar-refractivity contribution is 0.257. The van der Waals surface area contributed by atoms with Gasteiger partial charge in [-0.2, -0.15) is 4.98 Å². The molecule has 2 aromatic rings. The molecule has 2 unspecified atom stereocenters. The monoisotopic (exact) mass is 307 g/mol. The van der Waals surface area contributed by atoms with E-state index < -0.39 is 11.6 Å². The number of nitrogens with zero attached hydrogens (tertiary/aromatic N) is 2. The van der Waals surface area contributed by atoms with Gasteiger partial charge in [0.15, 0.2) is 11.6 Å². The highest BCUT2D eigenvalue weighted by Gasteiger charge is 2.22. The number of nitrogens with one attached hydrogen (secondary N) is 1. The molecule has 3 rings (SSSR count). The Kier molecular flexibility index (Phi) is 4.47. The van der Waals surface area contributed by atoms with Gasteiger partial charge in [-0.15, -0.1) is 0 Å². The number of halogens is 2. The van der Waals surface area contributed by atoms with Crippen molar-refractivity contribution in [3.05, 3.63) is 35.7 Å². The van der Waals surface area contributed by atoms with Crippen LogP contribution in [0.3, 0.4) is 0 Å². The summed E-state index contributed by atoms with van der Waals surface area (Å²) >= 11 is 0. The zero-order valence-electron chi connectivity index (χ0n) is 12.5. The van der Waals surface area contributed by atoms with E-state index in [4.69, 9.17) is 4.52 Å².